The highest BCUT2D eigenvalue weighted by molar-refractivity contribution is 7.80. The van der Waals surface area contributed by atoms with E-state index in [1.807, 2.05) is 30.3 Å². The van der Waals surface area contributed by atoms with Gasteiger partial charge < -0.3 is 15.7 Å². The quantitative estimate of drug-likeness (QED) is 0.508. The lowest BCUT2D eigenvalue weighted by atomic mass is 10.1. The van der Waals surface area contributed by atoms with E-state index in [9.17, 15) is 0 Å². The van der Waals surface area contributed by atoms with Crippen LogP contribution in [0, 0.1) is 0 Å². The molecule has 0 aliphatic heterocycles. The van der Waals surface area contributed by atoms with Crippen LogP contribution in [0.25, 0.3) is 21.8 Å². The normalized spacial score (nSPS) is 10.7. The van der Waals surface area contributed by atoms with E-state index in [0.717, 1.165) is 27.5 Å². The fraction of sp³-hybridized carbons (Fsp3) is 0.133. The highest BCUT2D eigenvalue weighted by Crippen LogP contribution is 2.28. The first-order valence-corrected chi connectivity index (χ1v) is 6.98. The van der Waals surface area contributed by atoms with Crippen molar-refractivity contribution >= 4 is 44.8 Å². The molecule has 6 heteroatoms. The van der Waals surface area contributed by atoms with Crippen LogP contribution in [0.4, 0.5) is 5.69 Å². The van der Waals surface area contributed by atoms with Gasteiger partial charge in [-0.15, -0.1) is 0 Å². The van der Waals surface area contributed by atoms with Crippen LogP contribution in [0.15, 0.2) is 42.7 Å². The number of aromatic nitrogens is 2. The minimum Gasteiger partial charge on any atom is -0.395 e. The summed E-state index contributed by atoms with van der Waals surface area (Å²) in [7, 11) is 0. The molecular weight excluding hydrogens is 284 g/mol. The summed E-state index contributed by atoms with van der Waals surface area (Å²) in [6, 6.07) is 9.76. The Hall–Kier alpha value is -2.31. The molecule has 0 atom stereocenters. The van der Waals surface area contributed by atoms with Gasteiger partial charge in [0.15, 0.2) is 5.11 Å². The first-order chi connectivity index (χ1) is 10.3. The standard InChI is InChI=1S/C15H14N4OS/c20-8-7-18-15(21)19-12-9-10-3-1-5-16-13(10)11-4-2-6-17-14(11)12/h1-6,9,20H,7-8H2,(H2,18,19,21). The fourth-order valence-electron chi connectivity index (χ4n) is 2.23. The van der Waals surface area contributed by atoms with E-state index in [1.54, 1.807) is 12.4 Å². The van der Waals surface area contributed by atoms with Crippen molar-refractivity contribution in [2.75, 3.05) is 18.5 Å². The largest absolute Gasteiger partial charge is 0.395 e. The van der Waals surface area contributed by atoms with Gasteiger partial charge in [0.2, 0.25) is 0 Å². The maximum atomic E-state index is 8.82. The first-order valence-electron chi connectivity index (χ1n) is 6.58. The van der Waals surface area contributed by atoms with Gasteiger partial charge in [0.25, 0.3) is 0 Å². The highest BCUT2D eigenvalue weighted by Gasteiger charge is 2.09. The molecule has 0 saturated carbocycles. The molecular formula is C15H14N4OS. The molecule has 106 valence electrons. The van der Waals surface area contributed by atoms with Crippen molar-refractivity contribution < 1.29 is 5.11 Å². The molecule has 0 saturated heterocycles. The molecule has 3 rings (SSSR count). The number of nitrogens with one attached hydrogen (secondary N) is 2. The molecule has 0 amide bonds. The Morgan fingerprint density at radius 3 is 2.71 bits per heavy atom. The van der Waals surface area contributed by atoms with E-state index in [-0.39, 0.29) is 6.61 Å². The molecule has 0 aliphatic carbocycles. The van der Waals surface area contributed by atoms with Gasteiger partial charge in [-0.3, -0.25) is 9.97 Å². The molecule has 0 aliphatic rings. The zero-order valence-corrected chi connectivity index (χ0v) is 12.0. The smallest absolute Gasteiger partial charge is 0.170 e. The van der Waals surface area contributed by atoms with Gasteiger partial charge in [-0.05, 0) is 36.5 Å². The number of aliphatic hydroxyl groups is 1. The minimum absolute atomic E-state index is 0.0302. The molecule has 2 heterocycles. The van der Waals surface area contributed by atoms with Crippen LogP contribution in [0.2, 0.25) is 0 Å². The molecule has 0 fully saturated rings. The number of hydrogen-bond acceptors (Lipinski definition) is 4. The lowest BCUT2D eigenvalue weighted by Crippen LogP contribution is -2.30. The van der Waals surface area contributed by atoms with Crippen LogP contribution >= 0.6 is 12.2 Å². The summed E-state index contributed by atoms with van der Waals surface area (Å²) in [5, 5.41) is 17.3. The second-order valence-corrected chi connectivity index (χ2v) is 4.91. The predicted octanol–water partition coefficient (Wildman–Crippen LogP) is 2.06. The van der Waals surface area contributed by atoms with Crippen molar-refractivity contribution in [1.29, 1.82) is 0 Å². The maximum absolute atomic E-state index is 8.82. The number of aliphatic hydroxyl groups excluding tert-OH is 1. The van der Waals surface area contributed by atoms with Crippen molar-refractivity contribution in [3.8, 4) is 0 Å². The Labute approximate surface area is 127 Å². The summed E-state index contributed by atoms with van der Waals surface area (Å²) < 4.78 is 0. The molecule has 3 N–H and O–H groups in total. The lowest BCUT2D eigenvalue weighted by molar-refractivity contribution is 0.301. The van der Waals surface area contributed by atoms with Gasteiger partial charge in [-0.25, -0.2) is 0 Å². The number of fused-ring (bicyclic) bond motifs is 3. The average molecular weight is 298 g/mol. The monoisotopic (exact) mass is 298 g/mol. The van der Waals surface area contributed by atoms with Crippen LogP contribution < -0.4 is 10.6 Å². The van der Waals surface area contributed by atoms with Gasteiger partial charge in [0.05, 0.1) is 23.3 Å². The average Bonchev–Trinajstić information content (AvgIpc) is 2.53. The lowest BCUT2D eigenvalue weighted by Gasteiger charge is -2.12. The summed E-state index contributed by atoms with van der Waals surface area (Å²) in [4.78, 5) is 8.86. The molecule has 0 unspecified atom stereocenters. The summed E-state index contributed by atoms with van der Waals surface area (Å²) >= 11 is 5.21. The van der Waals surface area contributed by atoms with Crippen molar-refractivity contribution in [2.45, 2.75) is 0 Å². The van der Waals surface area contributed by atoms with Crippen molar-refractivity contribution in [3.05, 3.63) is 42.7 Å². The maximum Gasteiger partial charge on any atom is 0.170 e. The Morgan fingerprint density at radius 1 is 1.14 bits per heavy atom. The van der Waals surface area contributed by atoms with Gasteiger partial charge in [0.1, 0.15) is 0 Å². The topological polar surface area (TPSA) is 70.1 Å². The molecule has 21 heavy (non-hydrogen) atoms. The number of thiocarbonyl (C=S) groups is 1. The Kier molecular flexibility index (Phi) is 3.89. The zero-order chi connectivity index (χ0) is 14.7. The van der Waals surface area contributed by atoms with E-state index in [1.165, 1.54) is 0 Å². The Bertz CT molecular complexity index is 806. The third-order valence-electron chi connectivity index (χ3n) is 3.10. The van der Waals surface area contributed by atoms with E-state index >= 15 is 0 Å². The van der Waals surface area contributed by atoms with Crippen LogP contribution in [-0.4, -0.2) is 33.3 Å². The molecule has 0 bridgehead atoms. The van der Waals surface area contributed by atoms with Gasteiger partial charge >= 0.3 is 0 Å². The fourth-order valence-corrected chi connectivity index (χ4v) is 2.44. The number of anilines is 1. The zero-order valence-electron chi connectivity index (χ0n) is 11.2. The summed E-state index contributed by atoms with van der Waals surface area (Å²) in [5.41, 5.74) is 2.55. The van der Waals surface area contributed by atoms with E-state index in [4.69, 9.17) is 17.3 Å². The number of hydrogen-bond donors (Lipinski definition) is 3. The van der Waals surface area contributed by atoms with Crippen LogP contribution in [0.5, 0.6) is 0 Å². The SMILES string of the molecule is OCCNC(=S)Nc1cc2cccnc2c2cccnc12. The number of rotatable bonds is 3. The van der Waals surface area contributed by atoms with Crippen LogP contribution in [0.1, 0.15) is 0 Å². The van der Waals surface area contributed by atoms with Gasteiger partial charge in [0, 0.05) is 29.7 Å². The van der Waals surface area contributed by atoms with Crippen molar-refractivity contribution in [2.24, 2.45) is 0 Å². The Morgan fingerprint density at radius 2 is 1.90 bits per heavy atom. The van der Waals surface area contributed by atoms with Crippen molar-refractivity contribution in [1.82, 2.24) is 15.3 Å². The minimum atomic E-state index is 0.0302. The van der Waals surface area contributed by atoms with Crippen LogP contribution in [0.3, 0.4) is 0 Å². The molecule has 3 aromatic rings. The van der Waals surface area contributed by atoms with Crippen molar-refractivity contribution in [3.63, 3.8) is 0 Å². The van der Waals surface area contributed by atoms with Gasteiger partial charge in [-0.1, -0.05) is 6.07 Å². The predicted molar refractivity (Wildman–Crippen MR) is 88.4 cm³/mol. The second kappa shape index (κ2) is 5.99. The molecule has 5 nitrogen and oxygen atoms in total. The summed E-state index contributed by atoms with van der Waals surface area (Å²) in [6.07, 6.45) is 3.52. The third-order valence-corrected chi connectivity index (χ3v) is 3.35. The Balaban J connectivity index is 2.10. The van der Waals surface area contributed by atoms with Crippen LogP contribution in [-0.2, 0) is 0 Å². The number of benzene rings is 1. The van der Waals surface area contributed by atoms with E-state index < -0.39 is 0 Å². The molecule has 1 aromatic carbocycles. The van der Waals surface area contributed by atoms with E-state index in [2.05, 4.69) is 20.6 Å². The summed E-state index contributed by atoms with van der Waals surface area (Å²) in [5.74, 6) is 0. The summed E-state index contributed by atoms with van der Waals surface area (Å²) in [6.45, 7) is 0.439. The second-order valence-electron chi connectivity index (χ2n) is 4.50. The van der Waals surface area contributed by atoms with E-state index in [0.29, 0.717) is 11.7 Å². The molecule has 0 spiro atoms. The van der Waals surface area contributed by atoms with Gasteiger partial charge in [-0.2, -0.15) is 0 Å². The first kappa shape index (κ1) is 13.7. The number of nitrogens with zero attached hydrogens (tertiary/aromatic N) is 2. The molecule has 0 radical (unpaired) electrons. The number of pyridine rings is 2. The highest BCUT2D eigenvalue weighted by atomic mass is 32.1. The molecule has 2 aromatic heterocycles. The third kappa shape index (κ3) is 2.76.